The SMILES string of the molecule is C[C@H]1CCCN(C(=O)[C@H]2CCCN(c3ncccc3-c3noc(C4CCC4)n3)C2)C1. The first kappa shape index (κ1) is 19.5. The molecule has 0 unspecified atom stereocenters. The molecule has 3 aliphatic rings. The predicted molar refractivity (Wildman–Crippen MR) is 114 cm³/mol. The Kier molecular flexibility index (Phi) is 5.44. The number of nitrogens with zero attached hydrogens (tertiary/aromatic N) is 5. The lowest BCUT2D eigenvalue weighted by molar-refractivity contribution is -0.137. The number of carbonyl (C=O) groups excluding carboxylic acids is 1. The van der Waals surface area contributed by atoms with E-state index in [4.69, 9.17) is 4.52 Å². The van der Waals surface area contributed by atoms with E-state index in [-0.39, 0.29) is 5.92 Å². The third-order valence-corrected chi connectivity index (χ3v) is 6.96. The van der Waals surface area contributed by atoms with Crippen molar-refractivity contribution in [2.45, 2.75) is 57.8 Å². The number of carbonyl (C=O) groups is 1. The summed E-state index contributed by atoms with van der Waals surface area (Å²) < 4.78 is 5.55. The Morgan fingerprint density at radius 2 is 1.97 bits per heavy atom. The molecule has 0 aromatic carbocycles. The molecule has 1 saturated carbocycles. The van der Waals surface area contributed by atoms with Crippen molar-refractivity contribution in [3.8, 4) is 11.4 Å². The zero-order chi connectivity index (χ0) is 20.5. The maximum Gasteiger partial charge on any atom is 0.230 e. The lowest BCUT2D eigenvalue weighted by Crippen LogP contribution is -2.48. The van der Waals surface area contributed by atoms with Gasteiger partial charge in [-0.15, -0.1) is 0 Å². The topological polar surface area (TPSA) is 75.4 Å². The second-order valence-corrected chi connectivity index (χ2v) is 9.28. The van der Waals surface area contributed by atoms with Crippen LogP contribution in [-0.4, -0.2) is 52.1 Å². The van der Waals surface area contributed by atoms with Crippen LogP contribution in [0.25, 0.3) is 11.4 Å². The van der Waals surface area contributed by atoms with E-state index in [1.165, 1.54) is 12.8 Å². The first-order chi connectivity index (χ1) is 14.7. The Balaban J connectivity index is 1.34. The Labute approximate surface area is 177 Å². The average molecular weight is 410 g/mol. The van der Waals surface area contributed by atoms with E-state index in [9.17, 15) is 4.79 Å². The van der Waals surface area contributed by atoms with E-state index >= 15 is 0 Å². The van der Waals surface area contributed by atoms with Gasteiger partial charge in [0, 0.05) is 38.3 Å². The first-order valence-corrected chi connectivity index (χ1v) is 11.5. The predicted octanol–water partition coefficient (Wildman–Crippen LogP) is 3.87. The lowest BCUT2D eigenvalue weighted by atomic mass is 9.85. The van der Waals surface area contributed by atoms with Crippen LogP contribution in [-0.2, 0) is 4.79 Å². The lowest BCUT2D eigenvalue weighted by Gasteiger charge is -2.38. The Morgan fingerprint density at radius 1 is 1.10 bits per heavy atom. The summed E-state index contributed by atoms with van der Waals surface area (Å²) in [5.41, 5.74) is 0.895. The molecule has 4 heterocycles. The fourth-order valence-corrected chi connectivity index (χ4v) is 5.01. The summed E-state index contributed by atoms with van der Waals surface area (Å²) in [4.78, 5) is 26.9. The molecule has 2 aliphatic heterocycles. The van der Waals surface area contributed by atoms with Gasteiger partial charge >= 0.3 is 0 Å². The van der Waals surface area contributed by atoms with Crippen LogP contribution in [0.2, 0.25) is 0 Å². The van der Waals surface area contributed by atoms with Gasteiger partial charge in [-0.3, -0.25) is 4.79 Å². The maximum absolute atomic E-state index is 13.2. The standard InChI is InChI=1S/C23H31N5O2/c1-16-6-4-13-28(14-16)23(29)18-9-5-12-27(15-18)21-19(10-3-11-24-21)20-25-22(30-26-20)17-7-2-8-17/h3,10-11,16-18H,2,4-9,12-15H2,1H3/t16-,18-/m0/s1. The molecule has 0 radical (unpaired) electrons. The van der Waals surface area contributed by atoms with Crippen molar-refractivity contribution >= 4 is 11.7 Å². The molecule has 3 fully saturated rings. The van der Waals surface area contributed by atoms with Gasteiger partial charge in [0.1, 0.15) is 5.82 Å². The van der Waals surface area contributed by atoms with Crippen molar-refractivity contribution < 1.29 is 9.32 Å². The van der Waals surface area contributed by atoms with Crippen molar-refractivity contribution in [3.05, 3.63) is 24.2 Å². The molecule has 7 heteroatoms. The number of piperidine rings is 2. The number of amides is 1. The third kappa shape index (κ3) is 3.82. The van der Waals surface area contributed by atoms with Gasteiger partial charge in [-0.2, -0.15) is 4.98 Å². The largest absolute Gasteiger partial charge is 0.355 e. The van der Waals surface area contributed by atoms with Gasteiger partial charge in [0.25, 0.3) is 0 Å². The van der Waals surface area contributed by atoms with Crippen LogP contribution in [0.15, 0.2) is 22.9 Å². The second-order valence-electron chi connectivity index (χ2n) is 9.28. The van der Waals surface area contributed by atoms with E-state index < -0.39 is 0 Å². The molecule has 5 rings (SSSR count). The van der Waals surface area contributed by atoms with Gasteiger partial charge in [0.05, 0.1) is 11.5 Å². The number of likely N-dealkylation sites (tertiary alicyclic amines) is 1. The molecule has 2 atom stereocenters. The highest BCUT2D eigenvalue weighted by molar-refractivity contribution is 5.80. The quantitative estimate of drug-likeness (QED) is 0.763. The second kappa shape index (κ2) is 8.36. The minimum atomic E-state index is 0.0368. The zero-order valence-electron chi connectivity index (χ0n) is 17.8. The molecule has 0 spiro atoms. The van der Waals surface area contributed by atoms with Gasteiger partial charge in [0.15, 0.2) is 0 Å². The van der Waals surface area contributed by atoms with Crippen LogP contribution in [0.4, 0.5) is 5.82 Å². The molecule has 0 N–H and O–H groups in total. The van der Waals surface area contributed by atoms with E-state index in [0.717, 1.165) is 69.0 Å². The third-order valence-electron chi connectivity index (χ3n) is 6.96. The summed E-state index contributed by atoms with van der Waals surface area (Å²) >= 11 is 0. The van der Waals surface area contributed by atoms with Gasteiger partial charge in [0.2, 0.25) is 17.6 Å². The highest BCUT2D eigenvalue weighted by atomic mass is 16.5. The first-order valence-electron chi connectivity index (χ1n) is 11.5. The van der Waals surface area contributed by atoms with E-state index in [1.54, 1.807) is 0 Å². The number of anilines is 1. The molecule has 2 aromatic rings. The van der Waals surface area contributed by atoms with Gasteiger partial charge in [-0.05, 0) is 56.6 Å². The van der Waals surface area contributed by atoms with Crippen molar-refractivity contribution in [1.29, 1.82) is 0 Å². The van der Waals surface area contributed by atoms with E-state index in [0.29, 0.717) is 30.1 Å². The molecule has 0 bridgehead atoms. The van der Waals surface area contributed by atoms with Crippen LogP contribution < -0.4 is 4.90 Å². The van der Waals surface area contributed by atoms with Crippen LogP contribution in [0, 0.1) is 11.8 Å². The molecule has 1 amide bonds. The summed E-state index contributed by atoms with van der Waals surface area (Å²) in [5.74, 6) is 3.59. The van der Waals surface area contributed by atoms with Gasteiger partial charge in [-0.25, -0.2) is 4.98 Å². The fraction of sp³-hybridized carbons (Fsp3) is 0.652. The number of pyridine rings is 1. The van der Waals surface area contributed by atoms with Crippen molar-refractivity contribution in [1.82, 2.24) is 20.0 Å². The van der Waals surface area contributed by atoms with Crippen molar-refractivity contribution in [2.24, 2.45) is 11.8 Å². The van der Waals surface area contributed by atoms with Crippen LogP contribution in [0.3, 0.4) is 0 Å². The smallest absolute Gasteiger partial charge is 0.230 e. The molecule has 160 valence electrons. The number of hydrogen-bond donors (Lipinski definition) is 0. The molecule has 7 nitrogen and oxygen atoms in total. The molecule has 30 heavy (non-hydrogen) atoms. The minimum absolute atomic E-state index is 0.0368. The molecule has 2 aromatic heterocycles. The van der Waals surface area contributed by atoms with Crippen molar-refractivity contribution in [2.75, 3.05) is 31.1 Å². The molecular weight excluding hydrogens is 378 g/mol. The Morgan fingerprint density at radius 3 is 2.77 bits per heavy atom. The average Bonchev–Trinajstić information content (AvgIpc) is 3.21. The van der Waals surface area contributed by atoms with Crippen LogP contribution >= 0.6 is 0 Å². The van der Waals surface area contributed by atoms with E-state index in [1.807, 2.05) is 18.3 Å². The number of aromatic nitrogens is 3. The Bertz CT molecular complexity index is 893. The minimum Gasteiger partial charge on any atom is -0.355 e. The summed E-state index contributed by atoms with van der Waals surface area (Å²) in [7, 11) is 0. The van der Waals surface area contributed by atoms with Gasteiger partial charge < -0.3 is 14.3 Å². The number of hydrogen-bond acceptors (Lipinski definition) is 6. The van der Waals surface area contributed by atoms with Crippen LogP contribution in [0.1, 0.15) is 63.7 Å². The van der Waals surface area contributed by atoms with Gasteiger partial charge in [-0.1, -0.05) is 18.5 Å². The maximum atomic E-state index is 13.2. The Hall–Kier alpha value is -2.44. The molecule has 2 saturated heterocycles. The fourth-order valence-electron chi connectivity index (χ4n) is 5.01. The molecule has 1 aliphatic carbocycles. The highest BCUT2D eigenvalue weighted by Gasteiger charge is 2.33. The molecular formula is C23H31N5O2. The summed E-state index contributed by atoms with van der Waals surface area (Å²) in [6, 6.07) is 3.93. The summed E-state index contributed by atoms with van der Waals surface area (Å²) in [5, 5.41) is 4.25. The summed E-state index contributed by atoms with van der Waals surface area (Å²) in [6.07, 6.45) is 9.61. The van der Waals surface area contributed by atoms with E-state index in [2.05, 4.69) is 31.8 Å². The highest BCUT2D eigenvalue weighted by Crippen LogP contribution is 2.37. The normalized spacial score (nSPS) is 25.2. The monoisotopic (exact) mass is 409 g/mol. The van der Waals surface area contributed by atoms with Crippen molar-refractivity contribution in [3.63, 3.8) is 0 Å². The number of rotatable bonds is 4. The summed E-state index contributed by atoms with van der Waals surface area (Å²) in [6.45, 7) is 5.66. The zero-order valence-corrected chi connectivity index (χ0v) is 17.8. The van der Waals surface area contributed by atoms with Crippen LogP contribution in [0.5, 0.6) is 0 Å².